The molecule has 9 nitrogen and oxygen atoms in total. The van der Waals surface area contributed by atoms with E-state index in [1.54, 1.807) is 30.3 Å². The molecule has 3 N–H and O–H groups in total. The molecular formula is C23H20N2O7S. The number of carboxylic acid groups (broad SMARTS) is 2. The molecule has 0 radical (unpaired) electrons. The van der Waals surface area contributed by atoms with Gasteiger partial charge in [-0.1, -0.05) is 25.1 Å². The SMILES string of the molecule is CCC(Oc1ccccc1/C=C1\SC(=Nc2cc(C(=O)O)cc(C(=O)O)c2)NC1=O)C(C)=O. The van der Waals surface area contributed by atoms with E-state index >= 15 is 0 Å². The van der Waals surface area contributed by atoms with Crippen molar-refractivity contribution in [1.82, 2.24) is 5.32 Å². The second-order valence-corrected chi connectivity index (χ2v) is 8.05. The number of para-hydroxylation sites is 1. The van der Waals surface area contributed by atoms with Crippen LogP contribution in [0.1, 0.15) is 46.5 Å². The Balaban J connectivity index is 1.90. The zero-order valence-electron chi connectivity index (χ0n) is 17.7. The summed E-state index contributed by atoms with van der Waals surface area (Å²) in [6, 6.07) is 10.4. The minimum Gasteiger partial charge on any atom is -0.482 e. The number of nitrogens with one attached hydrogen (secondary N) is 1. The zero-order chi connectivity index (χ0) is 24.1. The molecule has 1 aliphatic rings. The van der Waals surface area contributed by atoms with Crippen molar-refractivity contribution in [2.75, 3.05) is 0 Å². The predicted octanol–water partition coefficient (Wildman–Crippen LogP) is 3.72. The van der Waals surface area contributed by atoms with Gasteiger partial charge in [-0.15, -0.1) is 0 Å². The van der Waals surface area contributed by atoms with Crippen LogP contribution in [-0.4, -0.2) is 45.1 Å². The maximum Gasteiger partial charge on any atom is 0.335 e. The number of amides is 1. The van der Waals surface area contributed by atoms with Gasteiger partial charge in [-0.25, -0.2) is 14.6 Å². The van der Waals surface area contributed by atoms with Crippen LogP contribution in [0.15, 0.2) is 52.4 Å². The van der Waals surface area contributed by atoms with Gasteiger partial charge < -0.3 is 20.3 Å². The largest absolute Gasteiger partial charge is 0.482 e. The monoisotopic (exact) mass is 468 g/mol. The van der Waals surface area contributed by atoms with E-state index in [1.807, 2.05) is 6.92 Å². The van der Waals surface area contributed by atoms with Crippen LogP contribution in [0.4, 0.5) is 5.69 Å². The summed E-state index contributed by atoms with van der Waals surface area (Å²) in [7, 11) is 0. The molecule has 3 rings (SSSR count). The van der Waals surface area contributed by atoms with Gasteiger partial charge in [0.05, 0.1) is 21.7 Å². The van der Waals surface area contributed by atoms with E-state index < -0.39 is 23.9 Å². The van der Waals surface area contributed by atoms with Crippen molar-refractivity contribution >= 4 is 52.3 Å². The Morgan fingerprint density at radius 1 is 1.12 bits per heavy atom. The average Bonchev–Trinajstić information content (AvgIpc) is 3.10. The van der Waals surface area contributed by atoms with Gasteiger partial charge in [0.1, 0.15) is 5.75 Å². The molecule has 170 valence electrons. The number of rotatable bonds is 8. The molecule has 1 atom stereocenters. The van der Waals surface area contributed by atoms with Crippen LogP contribution in [0.2, 0.25) is 0 Å². The normalized spacial score (nSPS) is 16.5. The van der Waals surface area contributed by atoms with E-state index in [4.69, 9.17) is 4.74 Å². The number of hydrogen-bond acceptors (Lipinski definition) is 7. The van der Waals surface area contributed by atoms with Crippen LogP contribution < -0.4 is 10.1 Å². The van der Waals surface area contributed by atoms with Crippen LogP contribution in [0, 0.1) is 0 Å². The van der Waals surface area contributed by atoms with Crippen molar-refractivity contribution < 1.29 is 34.1 Å². The maximum absolute atomic E-state index is 12.5. The van der Waals surface area contributed by atoms with Crippen molar-refractivity contribution in [2.24, 2.45) is 4.99 Å². The summed E-state index contributed by atoms with van der Waals surface area (Å²) in [4.78, 5) is 51.3. The van der Waals surface area contributed by atoms with Gasteiger partial charge in [0.15, 0.2) is 17.1 Å². The lowest BCUT2D eigenvalue weighted by Gasteiger charge is -2.16. The topological polar surface area (TPSA) is 142 Å². The number of nitrogens with zero attached hydrogens (tertiary/aromatic N) is 1. The molecule has 1 amide bonds. The third-order valence-corrected chi connectivity index (χ3v) is 5.50. The number of amidine groups is 1. The summed E-state index contributed by atoms with van der Waals surface area (Å²) >= 11 is 1.01. The Hall–Kier alpha value is -3.92. The molecule has 2 aromatic carbocycles. The van der Waals surface area contributed by atoms with Crippen molar-refractivity contribution in [3.8, 4) is 5.75 Å². The summed E-state index contributed by atoms with van der Waals surface area (Å²) in [5.41, 5.74) is 0.201. The van der Waals surface area contributed by atoms with Crippen LogP contribution >= 0.6 is 11.8 Å². The van der Waals surface area contributed by atoms with Crippen LogP contribution in [-0.2, 0) is 9.59 Å². The van der Waals surface area contributed by atoms with Gasteiger partial charge in [0, 0.05) is 5.56 Å². The number of aliphatic imine (C=N–C) groups is 1. The fourth-order valence-corrected chi connectivity index (χ4v) is 3.81. The summed E-state index contributed by atoms with van der Waals surface area (Å²) in [6.45, 7) is 3.29. The van der Waals surface area contributed by atoms with E-state index in [1.165, 1.54) is 19.1 Å². The zero-order valence-corrected chi connectivity index (χ0v) is 18.5. The van der Waals surface area contributed by atoms with Crippen molar-refractivity contribution in [3.05, 3.63) is 64.1 Å². The first-order valence-electron chi connectivity index (χ1n) is 9.85. The second-order valence-electron chi connectivity index (χ2n) is 7.02. The molecule has 0 bridgehead atoms. The fourth-order valence-electron chi connectivity index (χ4n) is 2.98. The number of thioether (sulfide) groups is 1. The average molecular weight is 468 g/mol. The lowest BCUT2D eigenvalue weighted by molar-refractivity contribution is -0.123. The number of carboxylic acids is 2. The summed E-state index contributed by atoms with van der Waals surface area (Å²) < 4.78 is 5.82. The molecule has 1 saturated heterocycles. The van der Waals surface area contributed by atoms with E-state index in [0.29, 0.717) is 22.6 Å². The highest BCUT2D eigenvalue weighted by Crippen LogP contribution is 2.31. The van der Waals surface area contributed by atoms with E-state index in [2.05, 4.69) is 10.3 Å². The summed E-state index contributed by atoms with van der Waals surface area (Å²) in [5.74, 6) is -2.68. The highest BCUT2D eigenvalue weighted by molar-refractivity contribution is 8.18. The Morgan fingerprint density at radius 2 is 1.76 bits per heavy atom. The quantitative estimate of drug-likeness (QED) is 0.498. The van der Waals surface area contributed by atoms with Crippen LogP contribution in [0.5, 0.6) is 5.75 Å². The van der Waals surface area contributed by atoms with Crippen LogP contribution in [0.3, 0.4) is 0 Å². The van der Waals surface area contributed by atoms with E-state index in [9.17, 15) is 29.4 Å². The third-order valence-electron chi connectivity index (χ3n) is 4.59. The lowest BCUT2D eigenvalue weighted by atomic mass is 10.1. The van der Waals surface area contributed by atoms with Gasteiger partial charge in [0.2, 0.25) is 0 Å². The first-order chi connectivity index (χ1) is 15.7. The van der Waals surface area contributed by atoms with Crippen LogP contribution in [0.25, 0.3) is 6.08 Å². The second kappa shape index (κ2) is 10.1. The molecule has 1 heterocycles. The van der Waals surface area contributed by atoms with Gasteiger partial charge >= 0.3 is 11.9 Å². The molecular weight excluding hydrogens is 448 g/mol. The van der Waals surface area contributed by atoms with Crippen molar-refractivity contribution in [3.63, 3.8) is 0 Å². The highest BCUT2D eigenvalue weighted by Gasteiger charge is 2.25. The highest BCUT2D eigenvalue weighted by atomic mass is 32.2. The molecule has 0 spiro atoms. The molecule has 33 heavy (non-hydrogen) atoms. The number of ether oxygens (including phenoxy) is 1. The predicted molar refractivity (Wildman–Crippen MR) is 123 cm³/mol. The van der Waals surface area contributed by atoms with E-state index in [0.717, 1.165) is 17.8 Å². The maximum atomic E-state index is 12.5. The molecule has 1 fully saturated rings. The van der Waals surface area contributed by atoms with E-state index in [-0.39, 0.29) is 27.8 Å². The first kappa shape index (κ1) is 23.7. The third kappa shape index (κ3) is 5.86. The summed E-state index contributed by atoms with van der Waals surface area (Å²) in [6.07, 6.45) is 1.50. The summed E-state index contributed by atoms with van der Waals surface area (Å²) in [5, 5.41) is 21.2. The van der Waals surface area contributed by atoms with Gasteiger partial charge in [-0.05, 0) is 55.4 Å². The lowest BCUT2D eigenvalue weighted by Crippen LogP contribution is -2.24. The Bertz CT molecular complexity index is 1170. The smallest absolute Gasteiger partial charge is 0.335 e. The number of ketones is 1. The molecule has 1 aliphatic heterocycles. The molecule has 2 aromatic rings. The molecule has 10 heteroatoms. The van der Waals surface area contributed by atoms with Gasteiger partial charge in [-0.3, -0.25) is 9.59 Å². The van der Waals surface area contributed by atoms with Crippen molar-refractivity contribution in [2.45, 2.75) is 26.4 Å². The minimum absolute atomic E-state index is 0.0762. The Morgan fingerprint density at radius 3 is 2.33 bits per heavy atom. The number of carbonyl (C=O) groups is 4. The number of carbonyl (C=O) groups excluding carboxylic acids is 2. The molecule has 0 saturated carbocycles. The molecule has 1 unspecified atom stereocenters. The first-order valence-corrected chi connectivity index (χ1v) is 10.7. The van der Waals surface area contributed by atoms with Crippen molar-refractivity contribution in [1.29, 1.82) is 0 Å². The van der Waals surface area contributed by atoms with Gasteiger partial charge in [0.25, 0.3) is 5.91 Å². The molecule has 0 aromatic heterocycles. The molecule has 0 aliphatic carbocycles. The fraction of sp³-hybridized carbons (Fsp3) is 0.174. The van der Waals surface area contributed by atoms with Gasteiger partial charge in [-0.2, -0.15) is 0 Å². The standard InChI is InChI=1S/C23H20N2O7S/c1-3-17(12(2)26)32-18-7-5-4-6-13(18)11-19-20(27)25-23(33-19)24-16-9-14(21(28)29)8-15(10-16)22(30)31/h4-11,17H,3H2,1-2H3,(H,28,29)(H,30,31)(H,24,25,27)/b19-11-. The number of Topliss-reactive ketones (excluding diaryl/α,β-unsaturated/α-hetero) is 1. The number of aromatic carboxylic acids is 2. The Labute approximate surface area is 193 Å². The number of benzene rings is 2. The number of hydrogen-bond donors (Lipinski definition) is 3. The Kier molecular flexibility index (Phi) is 7.29. The minimum atomic E-state index is -1.30.